The molecule has 0 amide bonds. The fourth-order valence-corrected chi connectivity index (χ4v) is 2.45. The van der Waals surface area contributed by atoms with Crippen LogP contribution in [0.4, 0.5) is 5.82 Å². The number of aryl methyl sites for hydroxylation is 2. The summed E-state index contributed by atoms with van der Waals surface area (Å²) in [6.45, 7) is 7.09. The zero-order valence-electron chi connectivity index (χ0n) is 10.5. The number of hydrogen-bond acceptors (Lipinski definition) is 4. The Hall–Kier alpha value is -0.870. The molecule has 1 aromatic rings. The molecule has 0 radical (unpaired) electrons. The Morgan fingerprint density at radius 1 is 1.29 bits per heavy atom. The summed E-state index contributed by atoms with van der Waals surface area (Å²) in [5, 5.41) is 10.5. The summed E-state index contributed by atoms with van der Waals surface area (Å²) in [6.07, 6.45) is 1.76. The molecule has 1 fully saturated rings. The van der Waals surface area contributed by atoms with Crippen LogP contribution in [0.2, 0.25) is 5.15 Å². The van der Waals surface area contributed by atoms with E-state index in [1.165, 1.54) is 0 Å². The molecule has 0 bridgehead atoms. The van der Waals surface area contributed by atoms with Gasteiger partial charge in [-0.25, -0.2) is 9.97 Å². The molecule has 17 heavy (non-hydrogen) atoms. The van der Waals surface area contributed by atoms with Gasteiger partial charge in [0.1, 0.15) is 0 Å². The lowest BCUT2D eigenvalue weighted by molar-refractivity contribution is 0.0447. The van der Waals surface area contributed by atoms with Crippen LogP contribution in [0.3, 0.4) is 0 Å². The van der Waals surface area contributed by atoms with Gasteiger partial charge in [0.25, 0.3) is 0 Å². The number of rotatable bonds is 1. The summed E-state index contributed by atoms with van der Waals surface area (Å²) >= 11 is 6.13. The molecule has 1 unspecified atom stereocenters. The van der Waals surface area contributed by atoms with Gasteiger partial charge in [0, 0.05) is 13.1 Å². The zero-order valence-corrected chi connectivity index (χ0v) is 11.3. The first kappa shape index (κ1) is 12.6. The quantitative estimate of drug-likeness (QED) is 0.835. The average Bonchev–Trinajstić information content (AvgIpc) is 2.22. The molecule has 1 aromatic heterocycles. The van der Waals surface area contributed by atoms with Crippen LogP contribution in [0.25, 0.3) is 0 Å². The van der Waals surface area contributed by atoms with Gasteiger partial charge in [-0.15, -0.1) is 0 Å². The minimum atomic E-state index is -0.665. The van der Waals surface area contributed by atoms with Gasteiger partial charge in [-0.05, 0) is 33.6 Å². The second-order valence-corrected chi connectivity index (χ2v) is 5.39. The van der Waals surface area contributed by atoms with E-state index in [-0.39, 0.29) is 0 Å². The Bertz CT molecular complexity index is 434. The van der Waals surface area contributed by atoms with E-state index < -0.39 is 5.60 Å². The van der Waals surface area contributed by atoms with Crippen molar-refractivity contribution in [3.8, 4) is 0 Å². The molecule has 2 rings (SSSR count). The first-order chi connectivity index (χ1) is 7.89. The molecule has 0 aliphatic carbocycles. The number of hydrogen-bond donors (Lipinski definition) is 1. The SMILES string of the molecule is Cc1nc(Cl)c(N2CCCC(C)(O)C2)nc1C. The number of anilines is 1. The lowest BCUT2D eigenvalue weighted by atomic mass is 9.95. The third-order valence-electron chi connectivity index (χ3n) is 3.22. The number of aromatic nitrogens is 2. The van der Waals surface area contributed by atoms with Crippen molar-refractivity contribution in [2.75, 3.05) is 18.0 Å². The van der Waals surface area contributed by atoms with Crippen LogP contribution in [0, 0.1) is 13.8 Å². The van der Waals surface area contributed by atoms with E-state index in [4.69, 9.17) is 11.6 Å². The molecular weight excluding hydrogens is 238 g/mol. The highest BCUT2D eigenvalue weighted by Gasteiger charge is 2.30. The Morgan fingerprint density at radius 2 is 1.94 bits per heavy atom. The second kappa shape index (κ2) is 4.42. The Labute approximate surface area is 107 Å². The smallest absolute Gasteiger partial charge is 0.171 e. The van der Waals surface area contributed by atoms with E-state index in [2.05, 4.69) is 9.97 Å². The van der Waals surface area contributed by atoms with Gasteiger partial charge in [-0.1, -0.05) is 11.6 Å². The topological polar surface area (TPSA) is 49.2 Å². The van der Waals surface area contributed by atoms with Crippen molar-refractivity contribution in [2.24, 2.45) is 0 Å². The molecule has 1 aliphatic heterocycles. The van der Waals surface area contributed by atoms with Crippen LogP contribution < -0.4 is 4.90 Å². The van der Waals surface area contributed by atoms with Crippen molar-refractivity contribution in [3.63, 3.8) is 0 Å². The Balaban J connectivity index is 2.31. The summed E-state index contributed by atoms with van der Waals surface area (Å²) in [5.74, 6) is 0.690. The van der Waals surface area contributed by atoms with Gasteiger partial charge in [-0.2, -0.15) is 0 Å². The predicted molar refractivity (Wildman–Crippen MR) is 68.6 cm³/mol. The molecule has 1 N–H and O–H groups in total. The summed E-state index contributed by atoms with van der Waals surface area (Å²) in [4.78, 5) is 10.8. The van der Waals surface area contributed by atoms with Crippen molar-refractivity contribution in [3.05, 3.63) is 16.5 Å². The number of nitrogens with zero attached hydrogens (tertiary/aromatic N) is 3. The molecule has 0 saturated carbocycles. The standard InChI is InChI=1S/C12H18ClN3O/c1-8-9(2)15-11(10(13)14-8)16-6-4-5-12(3,17)7-16/h17H,4-7H2,1-3H3. The largest absolute Gasteiger partial charge is 0.388 e. The van der Waals surface area contributed by atoms with E-state index in [0.29, 0.717) is 17.5 Å². The van der Waals surface area contributed by atoms with E-state index in [9.17, 15) is 5.11 Å². The highest BCUT2D eigenvalue weighted by molar-refractivity contribution is 6.31. The van der Waals surface area contributed by atoms with Gasteiger partial charge < -0.3 is 10.0 Å². The molecule has 0 aromatic carbocycles. The minimum Gasteiger partial charge on any atom is -0.388 e. The zero-order chi connectivity index (χ0) is 12.6. The molecule has 1 saturated heterocycles. The molecule has 2 heterocycles. The van der Waals surface area contributed by atoms with Crippen LogP contribution in [0.5, 0.6) is 0 Å². The maximum atomic E-state index is 10.1. The average molecular weight is 256 g/mol. The van der Waals surface area contributed by atoms with Crippen LogP contribution in [-0.4, -0.2) is 33.8 Å². The number of β-amino-alcohol motifs (C(OH)–C–C–N with tert-alkyl or cyclic N) is 1. The van der Waals surface area contributed by atoms with E-state index >= 15 is 0 Å². The van der Waals surface area contributed by atoms with Gasteiger partial charge in [0.15, 0.2) is 11.0 Å². The van der Waals surface area contributed by atoms with Crippen molar-refractivity contribution in [1.82, 2.24) is 9.97 Å². The van der Waals surface area contributed by atoms with E-state index in [0.717, 1.165) is 30.8 Å². The van der Waals surface area contributed by atoms with Crippen molar-refractivity contribution in [2.45, 2.75) is 39.2 Å². The third kappa shape index (κ3) is 2.69. The van der Waals surface area contributed by atoms with Crippen molar-refractivity contribution < 1.29 is 5.11 Å². The summed E-state index contributed by atoms with van der Waals surface area (Å²) < 4.78 is 0. The fraction of sp³-hybridized carbons (Fsp3) is 0.667. The predicted octanol–water partition coefficient (Wildman–Crippen LogP) is 2.10. The van der Waals surface area contributed by atoms with E-state index in [1.54, 1.807) is 0 Å². The second-order valence-electron chi connectivity index (χ2n) is 5.03. The Morgan fingerprint density at radius 3 is 2.59 bits per heavy atom. The van der Waals surface area contributed by atoms with E-state index in [1.807, 2.05) is 25.7 Å². The van der Waals surface area contributed by atoms with Crippen LogP contribution in [0.1, 0.15) is 31.2 Å². The monoisotopic (exact) mass is 255 g/mol. The normalized spacial score (nSPS) is 25.1. The maximum absolute atomic E-state index is 10.1. The fourth-order valence-electron chi connectivity index (χ4n) is 2.17. The van der Waals surface area contributed by atoms with Gasteiger partial charge in [0.2, 0.25) is 0 Å². The highest BCUT2D eigenvalue weighted by Crippen LogP contribution is 2.28. The number of aliphatic hydroxyl groups is 1. The first-order valence-corrected chi connectivity index (χ1v) is 6.25. The molecule has 0 spiro atoms. The highest BCUT2D eigenvalue weighted by atomic mass is 35.5. The molecule has 1 atom stereocenters. The molecule has 1 aliphatic rings. The number of halogens is 1. The lowest BCUT2D eigenvalue weighted by Gasteiger charge is -2.37. The molecule has 4 nitrogen and oxygen atoms in total. The molecule has 94 valence electrons. The van der Waals surface area contributed by atoms with Crippen molar-refractivity contribution in [1.29, 1.82) is 0 Å². The maximum Gasteiger partial charge on any atom is 0.171 e. The summed E-state index contributed by atoms with van der Waals surface area (Å²) in [7, 11) is 0. The van der Waals surface area contributed by atoms with Crippen LogP contribution in [0.15, 0.2) is 0 Å². The molecule has 5 heteroatoms. The lowest BCUT2D eigenvalue weighted by Crippen LogP contribution is -2.46. The van der Waals surface area contributed by atoms with Crippen molar-refractivity contribution >= 4 is 17.4 Å². The van der Waals surface area contributed by atoms with Crippen LogP contribution in [-0.2, 0) is 0 Å². The Kier molecular flexibility index (Phi) is 3.27. The van der Waals surface area contributed by atoms with Crippen LogP contribution >= 0.6 is 11.6 Å². The summed E-state index contributed by atoms with van der Waals surface area (Å²) in [5.41, 5.74) is 1.07. The third-order valence-corrected chi connectivity index (χ3v) is 3.48. The number of piperidine rings is 1. The van der Waals surface area contributed by atoms with Gasteiger partial charge >= 0.3 is 0 Å². The first-order valence-electron chi connectivity index (χ1n) is 5.87. The molecular formula is C12H18ClN3O. The minimum absolute atomic E-state index is 0.422. The van der Waals surface area contributed by atoms with Gasteiger partial charge in [0.05, 0.1) is 17.0 Å². The van der Waals surface area contributed by atoms with Gasteiger partial charge in [-0.3, -0.25) is 0 Å². The summed E-state index contributed by atoms with van der Waals surface area (Å²) in [6, 6.07) is 0.